The minimum Gasteiger partial charge on any atom is -0.311 e. The van der Waals surface area contributed by atoms with Gasteiger partial charge in [-0.15, -0.1) is 11.6 Å². The van der Waals surface area contributed by atoms with E-state index in [4.69, 9.17) is 11.6 Å². The van der Waals surface area contributed by atoms with Crippen molar-refractivity contribution in [2.24, 2.45) is 0 Å². The first-order valence-corrected chi connectivity index (χ1v) is 5.98. The molecule has 0 aliphatic rings. The van der Waals surface area contributed by atoms with Crippen LogP contribution in [-0.2, 0) is 6.54 Å². The molecule has 0 saturated heterocycles. The topological polar surface area (TPSA) is 12.0 Å². The number of alkyl halides is 1. The molecule has 0 saturated carbocycles. The van der Waals surface area contributed by atoms with E-state index < -0.39 is 0 Å². The van der Waals surface area contributed by atoms with Crippen LogP contribution in [0, 0.1) is 13.8 Å². The number of benzene rings is 1. The highest BCUT2D eigenvalue weighted by molar-refractivity contribution is 6.20. The summed E-state index contributed by atoms with van der Waals surface area (Å²) in [7, 11) is 0. The third kappa shape index (κ3) is 4.23. The van der Waals surface area contributed by atoms with Gasteiger partial charge in [-0.1, -0.05) is 30.7 Å². The van der Waals surface area contributed by atoms with Gasteiger partial charge in [0.05, 0.1) is 0 Å². The zero-order valence-electron chi connectivity index (χ0n) is 9.81. The molecule has 1 rings (SSSR count). The Labute approximate surface area is 97.8 Å². The zero-order valence-corrected chi connectivity index (χ0v) is 10.6. The van der Waals surface area contributed by atoms with Gasteiger partial charge in [-0.3, -0.25) is 0 Å². The molecule has 1 aromatic rings. The van der Waals surface area contributed by atoms with E-state index in [-0.39, 0.29) is 5.38 Å². The summed E-state index contributed by atoms with van der Waals surface area (Å²) >= 11 is 6.04. The predicted octanol–water partition coefficient (Wildman–Crippen LogP) is 3.41. The van der Waals surface area contributed by atoms with E-state index >= 15 is 0 Å². The normalized spacial score (nSPS) is 12.8. The van der Waals surface area contributed by atoms with E-state index in [2.05, 4.69) is 44.3 Å². The average Bonchev–Trinajstić information content (AvgIpc) is 2.23. The second-order valence-electron chi connectivity index (χ2n) is 4.07. The number of aryl methyl sites for hydroxylation is 2. The summed E-state index contributed by atoms with van der Waals surface area (Å²) in [5, 5.41) is 3.63. The van der Waals surface area contributed by atoms with Crippen LogP contribution >= 0.6 is 11.6 Å². The molecule has 0 aliphatic carbocycles. The van der Waals surface area contributed by atoms with Crippen molar-refractivity contribution in [1.82, 2.24) is 5.32 Å². The maximum absolute atomic E-state index is 6.04. The van der Waals surface area contributed by atoms with Crippen LogP contribution in [-0.4, -0.2) is 11.9 Å². The van der Waals surface area contributed by atoms with Gasteiger partial charge >= 0.3 is 0 Å². The Hall–Kier alpha value is -0.530. The smallest absolute Gasteiger partial charge is 0.0458 e. The number of nitrogens with one attached hydrogen (secondary N) is 1. The standard InChI is InChI=1S/C13H20ClN/c1-4-13(14)9-15-8-12-7-10(2)5-6-11(12)3/h5-7,13,15H,4,8-9H2,1-3H3. The molecule has 1 N–H and O–H groups in total. The fourth-order valence-corrected chi connectivity index (χ4v) is 1.61. The van der Waals surface area contributed by atoms with Crippen molar-refractivity contribution in [2.45, 2.75) is 39.1 Å². The largest absolute Gasteiger partial charge is 0.311 e. The number of hydrogen-bond acceptors (Lipinski definition) is 1. The Morgan fingerprint density at radius 3 is 2.73 bits per heavy atom. The van der Waals surface area contributed by atoms with Crippen molar-refractivity contribution in [3.63, 3.8) is 0 Å². The molecule has 0 heterocycles. The Balaban J connectivity index is 2.46. The summed E-state index contributed by atoms with van der Waals surface area (Å²) in [6.07, 6.45) is 1.02. The van der Waals surface area contributed by atoms with E-state index in [1.807, 2.05) is 0 Å². The number of halogens is 1. The van der Waals surface area contributed by atoms with Gasteiger partial charge < -0.3 is 5.32 Å². The van der Waals surface area contributed by atoms with Crippen molar-refractivity contribution in [1.29, 1.82) is 0 Å². The fraction of sp³-hybridized carbons (Fsp3) is 0.538. The van der Waals surface area contributed by atoms with E-state index in [1.54, 1.807) is 0 Å². The van der Waals surface area contributed by atoms with Gasteiger partial charge in [0.1, 0.15) is 0 Å². The highest BCUT2D eigenvalue weighted by Gasteiger charge is 2.02. The van der Waals surface area contributed by atoms with Gasteiger partial charge in [0.15, 0.2) is 0 Å². The predicted molar refractivity (Wildman–Crippen MR) is 67.6 cm³/mol. The number of hydrogen-bond donors (Lipinski definition) is 1. The average molecular weight is 226 g/mol. The first-order chi connectivity index (χ1) is 7.13. The van der Waals surface area contributed by atoms with E-state index in [0.29, 0.717) is 0 Å². The monoisotopic (exact) mass is 225 g/mol. The van der Waals surface area contributed by atoms with Crippen molar-refractivity contribution >= 4 is 11.6 Å². The maximum atomic E-state index is 6.04. The molecular weight excluding hydrogens is 206 g/mol. The molecule has 2 heteroatoms. The SMILES string of the molecule is CCC(Cl)CNCc1cc(C)ccc1C. The lowest BCUT2D eigenvalue weighted by molar-refractivity contribution is 0.645. The molecule has 0 amide bonds. The van der Waals surface area contributed by atoms with Gasteiger partial charge in [0.2, 0.25) is 0 Å². The Morgan fingerprint density at radius 1 is 1.33 bits per heavy atom. The van der Waals surface area contributed by atoms with Gasteiger partial charge in [0.25, 0.3) is 0 Å². The molecule has 0 spiro atoms. The second-order valence-corrected chi connectivity index (χ2v) is 4.68. The van der Waals surface area contributed by atoms with Crippen LogP contribution in [0.4, 0.5) is 0 Å². The van der Waals surface area contributed by atoms with Crippen LogP contribution in [0.15, 0.2) is 18.2 Å². The minimum atomic E-state index is 0.245. The Morgan fingerprint density at radius 2 is 2.07 bits per heavy atom. The third-order valence-corrected chi connectivity index (χ3v) is 3.09. The van der Waals surface area contributed by atoms with Gasteiger partial charge in [0, 0.05) is 18.5 Å². The van der Waals surface area contributed by atoms with Gasteiger partial charge in [-0.25, -0.2) is 0 Å². The van der Waals surface area contributed by atoms with Crippen LogP contribution in [0.3, 0.4) is 0 Å². The molecule has 1 unspecified atom stereocenters. The van der Waals surface area contributed by atoms with Gasteiger partial charge in [-0.2, -0.15) is 0 Å². The molecule has 1 aromatic carbocycles. The summed E-state index contributed by atoms with van der Waals surface area (Å²) < 4.78 is 0. The van der Waals surface area contributed by atoms with Crippen molar-refractivity contribution in [2.75, 3.05) is 6.54 Å². The first kappa shape index (κ1) is 12.5. The Kier molecular flexibility index (Phi) is 5.13. The second kappa shape index (κ2) is 6.14. The molecule has 0 radical (unpaired) electrons. The molecule has 0 aliphatic heterocycles. The fourth-order valence-electron chi connectivity index (χ4n) is 1.50. The first-order valence-electron chi connectivity index (χ1n) is 5.54. The summed E-state index contributed by atoms with van der Waals surface area (Å²) in [6.45, 7) is 8.17. The highest BCUT2D eigenvalue weighted by atomic mass is 35.5. The summed E-state index contributed by atoms with van der Waals surface area (Å²) in [4.78, 5) is 0. The van der Waals surface area contributed by atoms with E-state index in [0.717, 1.165) is 19.5 Å². The van der Waals surface area contributed by atoms with Crippen molar-refractivity contribution in [3.05, 3.63) is 34.9 Å². The summed E-state index contributed by atoms with van der Waals surface area (Å²) in [5.74, 6) is 0. The third-order valence-electron chi connectivity index (χ3n) is 2.63. The molecule has 0 fully saturated rings. The lowest BCUT2D eigenvalue weighted by Gasteiger charge is -2.11. The molecule has 84 valence electrons. The van der Waals surface area contributed by atoms with Crippen molar-refractivity contribution in [3.8, 4) is 0 Å². The van der Waals surface area contributed by atoms with Crippen LogP contribution in [0.5, 0.6) is 0 Å². The lowest BCUT2D eigenvalue weighted by atomic mass is 10.1. The van der Waals surface area contributed by atoms with Crippen molar-refractivity contribution < 1.29 is 0 Å². The molecule has 15 heavy (non-hydrogen) atoms. The van der Waals surface area contributed by atoms with E-state index in [1.165, 1.54) is 16.7 Å². The zero-order chi connectivity index (χ0) is 11.3. The Bertz CT molecular complexity index is 309. The summed E-state index contributed by atoms with van der Waals surface area (Å²) in [6, 6.07) is 6.55. The molecular formula is C13H20ClN. The maximum Gasteiger partial charge on any atom is 0.0458 e. The van der Waals surface area contributed by atoms with Crippen LogP contribution in [0.1, 0.15) is 30.0 Å². The quantitative estimate of drug-likeness (QED) is 0.758. The number of rotatable bonds is 5. The van der Waals surface area contributed by atoms with Crippen LogP contribution in [0.2, 0.25) is 0 Å². The van der Waals surface area contributed by atoms with E-state index in [9.17, 15) is 0 Å². The molecule has 1 nitrogen and oxygen atoms in total. The van der Waals surface area contributed by atoms with Crippen LogP contribution in [0.25, 0.3) is 0 Å². The lowest BCUT2D eigenvalue weighted by Crippen LogP contribution is -2.22. The summed E-state index contributed by atoms with van der Waals surface area (Å²) in [5.41, 5.74) is 4.03. The molecule has 1 atom stereocenters. The molecule has 0 bridgehead atoms. The highest BCUT2D eigenvalue weighted by Crippen LogP contribution is 2.10. The van der Waals surface area contributed by atoms with Gasteiger partial charge in [-0.05, 0) is 31.4 Å². The molecule has 0 aromatic heterocycles. The van der Waals surface area contributed by atoms with Crippen LogP contribution < -0.4 is 5.32 Å². The minimum absolute atomic E-state index is 0.245.